The number of hydrogen-bond acceptors (Lipinski definition) is 4. The van der Waals surface area contributed by atoms with Crippen molar-refractivity contribution in [3.05, 3.63) is 81.0 Å². The van der Waals surface area contributed by atoms with Gasteiger partial charge in [-0.25, -0.2) is 13.6 Å². The van der Waals surface area contributed by atoms with E-state index in [0.717, 1.165) is 4.57 Å². The molecule has 7 nitrogen and oxygen atoms in total. The average Bonchev–Trinajstić information content (AvgIpc) is 2.70. The first kappa shape index (κ1) is 20.4. The maximum Gasteiger partial charge on any atom is 0.329 e. The van der Waals surface area contributed by atoms with E-state index >= 15 is 0 Å². The Balaban J connectivity index is 1.85. The molecule has 2 atom stereocenters. The number of benzene rings is 2. The van der Waals surface area contributed by atoms with Gasteiger partial charge in [0.1, 0.15) is 12.6 Å². The predicted octanol–water partition coefficient (Wildman–Crippen LogP) is 1.04. The van der Waals surface area contributed by atoms with Gasteiger partial charge in [0.25, 0.3) is 12.0 Å². The van der Waals surface area contributed by atoms with Crippen LogP contribution in [-0.2, 0) is 17.8 Å². The van der Waals surface area contributed by atoms with Crippen LogP contribution in [0.3, 0.4) is 0 Å². The number of aliphatic hydroxyl groups is 1. The molecule has 0 saturated carbocycles. The summed E-state index contributed by atoms with van der Waals surface area (Å²) in [6.45, 7) is -0.503. The van der Waals surface area contributed by atoms with Gasteiger partial charge >= 0.3 is 5.69 Å². The van der Waals surface area contributed by atoms with E-state index in [2.05, 4.69) is 10.3 Å². The van der Waals surface area contributed by atoms with Gasteiger partial charge in [-0.1, -0.05) is 42.5 Å². The molecule has 1 aromatic heterocycles. The fraction of sp³-hybridized carbons (Fsp3) is 0.250. The summed E-state index contributed by atoms with van der Waals surface area (Å²) in [5.74, 6) is -0.745. The molecule has 9 heteroatoms. The number of alkyl halides is 2. The molecule has 0 aliphatic heterocycles. The van der Waals surface area contributed by atoms with Crippen molar-refractivity contribution in [3.8, 4) is 0 Å². The topological polar surface area (TPSA) is 104 Å². The van der Waals surface area contributed by atoms with Crippen molar-refractivity contribution in [2.75, 3.05) is 0 Å². The Labute approximate surface area is 163 Å². The molecule has 2 aromatic carbocycles. The summed E-state index contributed by atoms with van der Waals surface area (Å²) in [5, 5.41) is 12.4. The molecule has 0 bridgehead atoms. The number of rotatable bonds is 7. The Morgan fingerprint density at radius 1 is 1.07 bits per heavy atom. The molecule has 3 aromatic rings. The fourth-order valence-electron chi connectivity index (χ4n) is 3.10. The van der Waals surface area contributed by atoms with Crippen molar-refractivity contribution in [3.63, 3.8) is 0 Å². The van der Waals surface area contributed by atoms with Crippen LogP contribution >= 0.6 is 0 Å². The van der Waals surface area contributed by atoms with Crippen LogP contribution in [0.1, 0.15) is 5.56 Å². The van der Waals surface area contributed by atoms with Gasteiger partial charge in [-0.05, 0) is 24.1 Å². The largest absolute Gasteiger partial charge is 0.385 e. The number of halogens is 2. The van der Waals surface area contributed by atoms with Gasteiger partial charge in [0.05, 0.1) is 16.9 Å². The summed E-state index contributed by atoms with van der Waals surface area (Å²) in [6.07, 6.45) is -5.15. The summed E-state index contributed by atoms with van der Waals surface area (Å²) < 4.78 is 27.2. The second-order valence-electron chi connectivity index (χ2n) is 6.55. The molecule has 0 spiro atoms. The predicted molar refractivity (Wildman–Crippen MR) is 103 cm³/mol. The lowest BCUT2D eigenvalue weighted by atomic mass is 10.0. The molecule has 3 N–H and O–H groups in total. The molecule has 152 valence electrons. The number of aromatic nitrogens is 2. The first-order valence-corrected chi connectivity index (χ1v) is 8.88. The Morgan fingerprint density at radius 3 is 2.41 bits per heavy atom. The van der Waals surface area contributed by atoms with Crippen LogP contribution in [0.25, 0.3) is 10.9 Å². The molecule has 0 saturated heterocycles. The highest BCUT2D eigenvalue weighted by atomic mass is 19.3. The molecular formula is C20H19F2N3O4. The van der Waals surface area contributed by atoms with Crippen molar-refractivity contribution in [2.45, 2.75) is 31.5 Å². The van der Waals surface area contributed by atoms with E-state index in [4.69, 9.17) is 0 Å². The van der Waals surface area contributed by atoms with Crippen LogP contribution < -0.4 is 16.6 Å². The lowest BCUT2D eigenvalue weighted by Gasteiger charge is -2.24. The molecule has 2 unspecified atom stereocenters. The summed E-state index contributed by atoms with van der Waals surface area (Å²) in [5.41, 5.74) is -0.482. The zero-order valence-corrected chi connectivity index (χ0v) is 15.2. The van der Waals surface area contributed by atoms with Gasteiger partial charge in [-0.2, -0.15) is 0 Å². The van der Waals surface area contributed by atoms with Crippen LogP contribution in [-0.4, -0.2) is 39.1 Å². The van der Waals surface area contributed by atoms with Crippen molar-refractivity contribution in [1.82, 2.24) is 14.9 Å². The van der Waals surface area contributed by atoms with Gasteiger partial charge < -0.3 is 10.4 Å². The molecule has 0 radical (unpaired) electrons. The van der Waals surface area contributed by atoms with Crippen molar-refractivity contribution >= 4 is 16.8 Å². The average molecular weight is 403 g/mol. The second-order valence-corrected chi connectivity index (χ2v) is 6.55. The van der Waals surface area contributed by atoms with Gasteiger partial charge in [0.15, 0.2) is 0 Å². The van der Waals surface area contributed by atoms with Gasteiger partial charge in [-0.3, -0.25) is 19.1 Å². The zero-order valence-electron chi connectivity index (χ0n) is 15.2. The monoisotopic (exact) mass is 403 g/mol. The van der Waals surface area contributed by atoms with Gasteiger partial charge in [-0.15, -0.1) is 0 Å². The van der Waals surface area contributed by atoms with E-state index in [1.165, 1.54) is 12.1 Å². The number of para-hydroxylation sites is 1. The fourth-order valence-corrected chi connectivity index (χ4v) is 3.10. The van der Waals surface area contributed by atoms with Crippen LogP contribution in [0.4, 0.5) is 8.78 Å². The van der Waals surface area contributed by atoms with Crippen LogP contribution in [0, 0.1) is 0 Å². The summed E-state index contributed by atoms with van der Waals surface area (Å²) in [7, 11) is 0. The third kappa shape index (κ3) is 4.75. The van der Waals surface area contributed by atoms with Crippen LogP contribution in [0.5, 0.6) is 0 Å². The minimum atomic E-state index is -3.05. The highest BCUT2D eigenvalue weighted by molar-refractivity contribution is 5.81. The number of hydrogen-bond donors (Lipinski definition) is 3. The van der Waals surface area contributed by atoms with Gasteiger partial charge in [0, 0.05) is 0 Å². The standard InChI is InChI=1S/C20H19F2N3O4/c21-18(22)17(27)14(10-12-6-2-1-3-7-12)23-16(26)11-25-15-9-5-4-8-13(15)19(28)24-20(25)29/h1-9,14,17-18,27H,10-11H2,(H,23,26)(H,24,28,29). The minimum absolute atomic E-state index is 0.0145. The van der Waals surface area contributed by atoms with E-state index in [-0.39, 0.29) is 17.3 Å². The molecule has 0 aliphatic rings. The normalized spacial score (nSPS) is 13.4. The van der Waals surface area contributed by atoms with E-state index < -0.39 is 42.3 Å². The van der Waals surface area contributed by atoms with Crippen LogP contribution in [0.15, 0.2) is 64.2 Å². The molecule has 3 rings (SSSR count). The van der Waals surface area contributed by atoms with Crippen LogP contribution in [0.2, 0.25) is 0 Å². The van der Waals surface area contributed by atoms with Gasteiger partial charge in [0.2, 0.25) is 5.91 Å². The number of aromatic amines is 1. The van der Waals surface area contributed by atoms with E-state index in [1.807, 2.05) is 0 Å². The lowest BCUT2D eigenvalue weighted by molar-refractivity contribution is -0.124. The van der Waals surface area contributed by atoms with Crippen molar-refractivity contribution in [2.24, 2.45) is 0 Å². The number of carbonyl (C=O) groups excluding carboxylic acids is 1. The summed E-state index contributed by atoms with van der Waals surface area (Å²) in [4.78, 5) is 38.7. The quantitative estimate of drug-likeness (QED) is 0.548. The molecule has 1 amide bonds. The molecule has 0 fully saturated rings. The number of aliphatic hydroxyl groups excluding tert-OH is 1. The molecule has 1 heterocycles. The molecular weight excluding hydrogens is 384 g/mol. The Bertz CT molecular complexity index is 1110. The highest BCUT2D eigenvalue weighted by Crippen LogP contribution is 2.12. The number of fused-ring (bicyclic) bond motifs is 1. The number of amides is 1. The smallest absolute Gasteiger partial charge is 0.329 e. The number of H-pyrrole nitrogens is 1. The molecule has 0 aliphatic carbocycles. The van der Waals surface area contributed by atoms with Crippen molar-refractivity contribution in [1.29, 1.82) is 0 Å². The summed E-state index contributed by atoms with van der Waals surface area (Å²) >= 11 is 0. The Morgan fingerprint density at radius 2 is 1.72 bits per heavy atom. The van der Waals surface area contributed by atoms with Crippen molar-refractivity contribution < 1.29 is 18.7 Å². The van der Waals surface area contributed by atoms with E-state index in [0.29, 0.717) is 5.56 Å². The van der Waals surface area contributed by atoms with E-state index in [9.17, 15) is 28.3 Å². The zero-order chi connectivity index (χ0) is 21.0. The Hall–Kier alpha value is -3.33. The molecule has 29 heavy (non-hydrogen) atoms. The highest BCUT2D eigenvalue weighted by Gasteiger charge is 2.29. The lowest BCUT2D eigenvalue weighted by Crippen LogP contribution is -2.49. The minimum Gasteiger partial charge on any atom is -0.385 e. The maximum atomic E-state index is 13.1. The number of nitrogens with one attached hydrogen (secondary N) is 2. The first-order chi connectivity index (χ1) is 13.9. The SMILES string of the molecule is O=C(Cn1c(=O)[nH]c(=O)c2ccccc21)NC(Cc1ccccc1)C(O)C(F)F. The first-order valence-electron chi connectivity index (χ1n) is 8.88. The summed E-state index contributed by atoms with van der Waals surface area (Å²) in [6, 6.07) is 13.5. The third-order valence-corrected chi connectivity index (χ3v) is 4.52. The van der Waals surface area contributed by atoms with E-state index in [1.54, 1.807) is 42.5 Å². The Kier molecular flexibility index (Phi) is 6.18. The second kappa shape index (κ2) is 8.78. The third-order valence-electron chi connectivity index (χ3n) is 4.52. The number of nitrogens with zero attached hydrogens (tertiary/aromatic N) is 1. The maximum absolute atomic E-state index is 13.1. The number of carbonyl (C=O) groups is 1.